The molecule has 0 heterocycles. The second-order valence-electron chi connectivity index (χ2n) is 3.60. The van der Waals surface area contributed by atoms with Crippen LogP contribution < -0.4 is 0 Å². The number of allylic oxidation sites excluding steroid dienone is 2. The fraction of sp³-hybridized carbons (Fsp3) is 0.545. The number of aliphatic hydroxyl groups excluding tert-OH is 1. The van der Waals surface area contributed by atoms with Crippen molar-refractivity contribution in [2.75, 3.05) is 7.11 Å². The van der Waals surface area contributed by atoms with Crippen LogP contribution in [0.3, 0.4) is 0 Å². The third-order valence-corrected chi connectivity index (χ3v) is 2.45. The molecule has 0 aromatic heterocycles. The Hall–Kier alpha value is -1.65. The largest absolute Gasteiger partial charge is 0.511 e. The zero-order valence-electron chi connectivity index (χ0n) is 9.12. The van der Waals surface area contributed by atoms with Gasteiger partial charge in [-0.3, -0.25) is 14.4 Å². The van der Waals surface area contributed by atoms with Gasteiger partial charge in [0.15, 0.2) is 11.6 Å². The number of hydrogen-bond acceptors (Lipinski definition) is 5. The number of carbonyl (C=O) groups is 3. The Balaban J connectivity index is 2.53. The van der Waals surface area contributed by atoms with Gasteiger partial charge in [0.2, 0.25) is 0 Å². The van der Waals surface area contributed by atoms with E-state index in [1.54, 1.807) is 0 Å². The lowest BCUT2D eigenvalue weighted by molar-refractivity contribution is -0.140. The molecule has 0 bridgehead atoms. The molecular weight excluding hydrogens is 212 g/mol. The molecular formula is C11H14O5. The Morgan fingerprint density at radius 1 is 1.25 bits per heavy atom. The predicted molar refractivity (Wildman–Crippen MR) is 54.8 cm³/mol. The average Bonchev–Trinajstić information content (AvgIpc) is 2.58. The molecule has 0 atom stereocenters. The maximum absolute atomic E-state index is 11.2. The summed E-state index contributed by atoms with van der Waals surface area (Å²) in [6.45, 7) is 0. The smallest absolute Gasteiger partial charge is 0.305 e. The van der Waals surface area contributed by atoms with Gasteiger partial charge >= 0.3 is 5.97 Å². The Bertz CT molecular complexity index is 335. The summed E-state index contributed by atoms with van der Waals surface area (Å²) in [5.41, 5.74) is -0.0788. The van der Waals surface area contributed by atoms with Crippen molar-refractivity contribution >= 4 is 17.5 Å². The van der Waals surface area contributed by atoms with Crippen molar-refractivity contribution in [3.05, 3.63) is 11.3 Å². The summed E-state index contributed by atoms with van der Waals surface area (Å²) >= 11 is 0. The van der Waals surface area contributed by atoms with Crippen LogP contribution in [0.5, 0.6) is 0 Å². The molecule has 0 unspecified atom stereocenters. The molecule has 1 rings (SSSR count). The van der Waals surface area contributed by atoms with Gasteiger partial charge < -0.3 is 9.84 Å². The fourth-order valence-electron chi connectivity index (χ4n) is 1.58. The quantitative estimate of drug-likeness (QED) is 0.335. The van der Waals surface area contributed by atoms with Crippen molar-refractivity contribution in [1.29, 1.82) is 0 Å². The second kappa shape index (κ2) is 5.44. The van der Waals surface area contributed by atoms with E-state index in [4.69, 9.17) is 0 Å². The number of carbonyl (C=O) groups excluding carboxylic acids is 3. The number of ether oxygens (including phenoxy) is 1. The third-order valence-electron chi connectivity index (χ3n) is 2.45. The van der Waals surface area contributed by atoms with Gasteiger partial charge in [-0.2, -0.15) is 0 Å². The summed E-state index contributed by atoms with van der Waals surface area (Å²) in [4.78, 5) is 33.3. The maximum Gasteiger partial charge on any atom is 0.305 e. The molecule has 0 saturated heterocycles. The number of esters is 1. The average molecular weight is 226 g/mol. The van der Waals surface area contributed by atoms with Crippen LogP contribution in [0.15, 0.2) is 11.3 Å². The first-order valence-corrected chi connectivity index (χ1v) is 5.11. The van der Waals surface area contributed by atoms with Crippen LogP contribution in [0.1, 0.15) is 32.1 Å². The van der Waals surface area contributed by atoms with Gasteiger partial charge in [0, 0.05) is 25.7 Å². The highest BCUT2D eigenvalue weighted by Gasteiger charge is 2.29. The summed E-state index contributed by atoms with van der Waals surface area (Å²) in [5, 5.41) is 9.56. The molecule has 16 heavy (non-hydrogen) atoms. The summed E-state index contributed by atoms with van der Waals surface area (Å²) in [6, 6.07) is 0. The summed E-state index contributed by atoms with van der Waals surface area (Å²) in [5.74, 6) is -1.18. The first-order valence-electron chi connectivity index (χ1n) is 5.11. The molecule has 0 aromatic rings. The number of methoxy groups -OCH3 is 1. The van der Waals surface area contributed by atoms with Crippen molar-refractivity contribution in [1.82, 2.24) is 0 Å². The van der Waals surface area contributed by atoms with Gasteiger partial charge in [-0.15, -0.1) is 0 Å². The number of rotatable bonds is 4. The molecule has 1 aliphatic carbocycles. The lowest BCUT2D eigenvalue weighted by Crippen LogP contribution is -2.06. The van der Waals surface area contributed by atoms with Crippen molar-refractivity contribution in [2.45, 2.75) is 32.1 Å². The molecule has 5 nitrogen and oxygen atoms in total. The van der Waals surface area contributed by atoms with E-state index >= 15 is 0 Å². The minimum Gasteiger partial charge on any atom is -0.511 e. The summed E-state index contributed by atoms with van der Waals surface area (Å²) in [6.07, 6.45) is 1.03. The normalized spacial score (nSPS) is 15.4. The second-order valence-corrected chi connectivity index (χ2v) is 3.60. The van der Waals surface area contributed by atoms with Crippen molar-refractivity contribution in [2.24, 2.45) is 0 Å². The predicted octanol–water partition coefficient (Wildman–Crippen LogP) is 1.07. The summed E-state index contributed by atoms with van der Waals surface area (Å²) in [7, 11) is 1.28. The van der Waals surface area contributed by atoms with Crippen LogP contribution in [0, 0.1) is 0 Å². The lowest BCUT2D eigenvalue weighted by Gasteiger charge is -2.02. The first-order chi connectivity index (χ1) is 7.56. The minimum atomic E-state index is -0.373. The van der Waals surface area contributed by atoms with E-state index in [1.165, 1.54) is 7.11 Å². The molecule has 1 aliphatic rings. The number of Topliss-reactive ketones (excluding diaryl/α,β-unsaturated/α-hetero) is 2. The zero-order chi connectivity index (χ0) is 12.1. The van der Waals surface area contributed by atoms with Gasteiger partial charge in [-0.25, -0.2) is 0 Å². The topological polar surface area (TPSA) is 80.7 Å². The van der Waals surface area contributed by atoms with E-state index in [1.807, 2.05) is 0 Å². The van der Waals surface area contributed by atoms with E-state index < -0.39 is 0 Å². The molecule has 0 aliphatic heterocycles. The van der Waals surface area contributed by atoms with Gasteiger partial charge in [0.1, 0.15) is 5.76 Å². The number of aliphatic hydroxyl groups is 1. The Kier molecular flexibility index (Phi) is 4.22. The van der Waals surface area contributed by atoms with Crippen LogP contribution >= 0.6 is 0 Å². The molecule has 0 aromatic carbocycles. The molecule has 1 N–H and O–H groups in total. The van der Waals surface area contributed by atoms with Crippen LogP contribution in [-0.4, -0.2) is 29.8 Å². The highest BCUT2D eigenvalue weighted by atomic mass is 16.5. The number of hydrogen-bond donors (Lipinski definition) is 1. The molecule has 0 radical (unpaired) electrons. The van der Waals surface area contributed by atoms with Gasteiger partial charge in [-0.05, 0) is 6.42 Å². The fourth-order valence-corrected chi connectivity index (χ4v) is 1.58. The van der Waals surface area contributed by atoms with Gasteiger partial charge in [0.25, 0.3) is 0 Å². The highest BCUT2D eigenvalue weighted by molar-refractivity contribution is 6.25. The van der Waals surface area contributed by atoms with Gasteiger partial charge in [0.05, 0.1) is 12.7 Å². The first kappa shape index (κ1) is 12.4. The lowest BCUT2D eigenvalue weighted by atomic mass is 10.1. The maximum atomic E-state index is 11.2. The molecule has 88 valence electrons. The minimum absolute atomic E-state index is 0.0788. The molecule has 1 saturated carbocycles. The van der Waals surface area contributed by atoms with E-state index in [-0.39, 0.29) is 54.6 Å². The highest BCUT2D eigenvalue weighted by Crippen LogP contribution is 2.21. The monoisotopic (exact) mass is 226 g/mol. The van der Waals surface area contributed by atoms with Crippen molar-refractivity contribution < 1.29 is 24.2 Å². The standard InChI is InChI=1S/C11H14O5/c1-16-10(15)4-2-3-7(12)11-8(13)5-6-9(11)14/h12H,2-6H2,1H3. The number of ketones is 2. The van der Waals surface area contributed by atoms with E-state index in [0.717, 1.165) is 0 Å². The van der Waals surface area contributed by atoms with Crippen LogP contribution in [0.2, 0.25) is 0 Å². The van der Waals surface area contributed by atoms with Crippen LogP contribution in [0.4, 0.5) is 0 Å². The van der Waals surface area contributed by atoms with Crippen LogP contribution in [-0.2, 0) is 19.1 Å². The molecule has 0 amide bonds. The van der Waals surface area contributed by atoms with E-state index in [9.17, 15) is 19.5 Å². The Morgan fingerprint density at radius 2 is 1.81 bits per heavy atom. The van der Waals surface area contributed by atoms with Gasteiger partial charge in [-0.1, -0.05) is 0 Å². The van der Waals surface area contributed by atoms with Crippen LogP contribution in [0.25, 0.3) is 0 Å². The zero-order valence-corrected chi connectivity index (χ0v) is 9.12. The Labute approximate surface area is 93.1 Å². The molecule has 5 heteroatoms. The Morgan fingerprint density at radius 3 is 2.31 bits per heavy atom. The summed E-state index contributed by atoms with van der Waals surface area (Å²) < 4.78 is 4.43. The third kappa shape index (κ3) is 2.92. The SMILES string of the molecule is COC(=O)CCCC(O)=C1C(=O)CCC1=O. The van der Waals surface area contributed by atoms with E-state index in [0.29, 0.717) is 6.42 Å². The van der Waals surface area contributed by atoms with E-state index in [2.05, 4.69) is 4.74 Å². The van der Waals surface area contributed by atoms with Crippen molar-refractivity contribution in [3.8, 4) is 0 Å². The molecule has 1 fully saturated rings. The van der Waals surface area contributed by atoms with Crippen molar-refractivity contribution in [3.63, 3.8) is 0 Å². The molecule has 0 spiro atoms.